The zero-order valence-corrected chi connectivity index (χ0v) is 19.2. The molecule has 0 bridgehead atoms. The summed E-state index contributed by atoms with van der Waals surface area (Å²) in [5.74, 6) is -0.573. The summed E-state index contributed by atoms with van der Waals surface area (Å²) < 4.78 is 29.1. The average molecular weight is 464 g/mol. The van der Waals surface area contributed by atoms with Gasteiger partial charge in [-0.05, 0) is 60.7 Å². The number of carbonyl (C=O) groups is 2. The highest BCUT2D eigenvalue weighted by molar-refractivity contribution is 7.89. The van der Waals surface area contributed by atoms with Crippen LogP contribution in [0.25, 0.3) is 0 Å². The van der Waals surface area contributed by atoms with Crippen molar-refractivity contribution in [2.75, 3.05) is 10.6 Å². The molecule has 3 aromatic carbocycles. The van der Waals surface area contributed by atoms with Gasteiger partial charge in [-0.3, -0.25) is 9.59 Å². The van der Waals surface area contributed by atoms with E-state index in [0.717, 1.165) is 16.7 Å². The van der Waals surface area contributed by atoms with Crippen molar-refractivity contribution in [1.82, 2.24) is 4.72 Å². The summed E-state index contributed by atoms with van der Waals surface area (Å²) in [5.41, 5.74) is 4.30. The van der Waals surface area contributed by atoms with Gasteiger partial charge in [0.25, 0.3) is 0 Å². The fourth-order valence-electron chi connectivity index (χ4n) is 3.88. The van der Waals surface area contributed by atoms with Crippen molar-refractivity contribution in [1.29, 1.82) is 0 Å². The summed E-state index contributed by atoms with van der Waals surface area (Å²) in [6, 6.07) is 17.8. The third kappa shape index (κ3) is 4.97. The fraction of sp³-hybridized carbons (Fsp3) is 0.200. The van der Waals surface area contributed by atoms with Gasteiger partial charge in [0.15, 0.2) is 0 Å². The number of hydrogen-bond donors (Lipinski definition) is 3. The molecule has 8 heteroatoms. The predicted octanol–water partition coefficient (Wildman–Crippen LogP) is 3.85. The zero-order chi connectivity index (χ0) is 23.6. The molecule has 3 aromatic rings. The van der Waals surface area contributed by atoms with E-state index >= 15 is 0 Å². The third-order valence-electron chi connectivity index (χ3n) is 5.68. The van der Waals surface area contributed by atoms with Crippen LogP contribution >= 0.6 is 0 Å². The number of rotatable bonds is 6. The second kappa shape index (κ2) is 9.17. The Hall–Kier alpha value is -3.49. The maximum atomic E-state index is 13.3. The SMILES string of the molecule is Cc1cccc(C)c1NC(=O)[C@H](NS(=O)(=O)c1ccc2c(c1)CCC(=O)N2)c1ccccc1. The van der Waals surface area contributed by atoms with E-state index in [4.69, 9.17) is 0 Å². The first-order valence-electron chi connectivity index (χ1n) is 10.6. The van der Waals surface area contributed by atoms with E-state index in [-0.39, 0.29) is 10.8 Å². The van der Waals surface area contributed by atoms with Gasteiger partial charge in [-0.1, -0.05) is 48.5 Å². The van der Waals surface area contributed by atoms with Gasteiger partial charge in [-0.15, -0.1) is 0 Å². The second-order valence-electron chi connectivity index (χ2n) is 8.09. The molecule has 0 unspecified atom stereocenters. The molecule has 0 spiro atoms. The van der Waals surface area contributed by atoms with Gasteiger partial charge in [-0.2, -0.15) is 4.72 Å². The summed E-state index contributed by atoms with van der Waals surface area (Å²) in [5, 5.41) is 5.64. The Kier molecular flexibility index (Phi) is 6.31. The van der Waals surface area contributed by atoms with E-state index in [1.807, 2.05) is 32.0 Å². The Balaban J connectivity index is 1.66. The van der Waals surface area contributed by atoms with Crippen LogP contribution in [-0.4, -0.2) is 20.2 Å². The van der Waals surface area contributed by atoms with Gasteiger partial charge in [-0.25, -0.2) is 8.42 Å². The normalized spacial score (nSPS) is 14.2. The molecule has 1 atom stereocenters. The average Bonchev–Trinajstić information content (AvgIpc) is 2.80. The molecule has 0 saturated heterocycles. The first-order chi connectivity index (χ1) is 15.7. The summed E-state index contributed by atoms with van der Waals surface area (Å²) >= 11 is 0. The molecule has 0 saturated carbocycles. The number of anilines is 2. The molecule has 2 amide bonds. The number of aryl methyl sites for hydroxylation is 3. The van der Waals surface area contributed by atoms with Crippen molar-refractivity contribution in [2.45, 2.75) is 37.6 Å². The lowest BCUT2D eigenvalue weighted by atomic mass is 10.0. The highest BCUT2D eigenvalue weighted by Gasteiger charge is 2.29. The number of para-hydroxylation sites is 1. The third-order valence-corrected chi connectivity index (χ3v) is 7.10. The summed E-state index contributed by atoms with van der Waals surface area (Å²) in [6.45, 7) is 3.77. The molecule has 0 fully saturated rings. The van der Waals surface area contributed by atoms with Crippen molar-refractivity contribution < 1.29 is 18.0 Å². The molecule has 1 aliphatic heterocycles. The van der Waals surface area contributed by atoms with E-state index < -0.39 is 22.0 Å². The van der Waals surface area contributed by atoms with Gasteiger partial charge in [0.1, 0.15) is 6.04 Å². The summed E-state index contributed by atoms with van der Waals surface area (Å²) in [7, 11) is -4.04. The number of sulfonamides is 1. The number of amides is 2. The number of hydrogen-bond acceptors (Lipinski definition) is 4. The van der Waals surface area contributed by atoms with Crippen molar-refractivity contribution in [3.05, 3.63) is 89.0 Å². The van der Waals surface area contributed by atoms with Crippen LogP contribution in [0.4, 0.5) is 11.4 Å². The van der Waals surface area contributed by atoms with Crippen LogP contribution in [-0.2, 0) is 26.0 Å². The lowest BCUT2D eigenvalue weighted by molar-refractivity contribution is -0.118. The van der Waals surface area contributed by atoms with Gasteiger partial charge in [0.2, 0.25) is 21.8 Å². The zero-order valence-electron chi connectivity index (χ0n) is 18.4. The minimum Gasteiger partial charge on any atom is -0.326 e. The van der Waals surface area contributed by atoms with Gasteiger partial charge < -0.3 is 10.6 Å². The summed E-state index contributed by atoms with van der Waals surface area (Å²) in [4.78, 5) is 24.9. The van der Waals surface area contributed by atoms with Crippen LogP contribution in [0, 0.1) is 13.8 Å². The highest BCUT2D eigenvalue weighted by Crippen LogP contribution is 2.27. The quantitative estimate of drug-likeness (QED) is 0.516. The summed E-state index contributed by atoms with van der Waals surface area (Å²) in [6.07, 6.45) is 0.758. The number of benzene rings is 3. The van der Waals surface area contributed by atoms with Gasteiger partial charge in [0.05, 0.1) is 4.90 Å². The van der Waals surface area contributed by atoms with Gasteiger partial charge >= 0.3 is 0 Å². The van der Waals surface area contributed by atoms with Crippen molar-refractivity contribution in [3.8, 4) is 0 Å². The van der Waals surface area contributed by atoms with E-state index in [2.05, 4.69) is 15.4 Å². The largest absolute Gasteiger partial charge is 0.326 e. The van der Waals surface area contributed by atoms with Crippen LogP contribution < -0.4 is 15.4 Å². The smallest absolute Gasteiger partial charge is 0.247 e. The number of fused-ring (bicyclic) bond motifs is 1. The van der Waals surface area contributed by atoms with E-state index in [1.54, 1.807) is 42.5 Å². The molecule has 7 nitrogen and oxygen atoms in total. The molecule has 3 N–H and O–H groups in total. The molecule has 0 aromatic heterocycles. The Bertz CT molecular complexity index is 1300. The lowest BCUT2D eigenvalue weighted by Crippen LogP contribution is -2.37. The Morgan fingerprint density at radius 3 is 2.33 bits per heavy atom. The topological polar surface area (TPSA) is 104 Å². The van der Waals surface area contributed by atoms with Crippen LogP contribution in [0.1, 0.15) is 34.7 Å². The molecule has 170 valence electrons. The van der Waals surface area contributed by atoms with E-state index in [9.17, 15) is 18.0 Å². The first kappa shape index (κ1) is 22.7. The van der Waals surface area contributed by atoms with Gasteiger partial charge in [0, 0.05) is 17.8 Å². The molecular weight excluding hydrogens is 438 g/mol. The molecule has 0 aliphatic carbocycles. The molecule has 1 heterocycles. The minimum atomic E-state index is -4.04. The lowest BCUT2D eigenvalue weighted by Gasteiger charge is -2.22. The Labute approximate surface area is 193 Å². The number of nitrogens with one attached hydrogen (secondary N) is 3. The van der Waals surface area contributed by atoms with Crippen LogP contribution in [0.15, 0.2) is 71.6 Å². The number of carbonyl (C=O) groups excluding carboxylic acids is 2. The second-order valence-corrected chi connectivity index (χ2v) is 9.80. The highest BCUT2D eigenvalue weighted by atomic mass is 32.2. The van der Waals surface area contributed by atoms with Crippen LogP contribution in [0.3, 0.4) is 0 Å². The van der Waals surface area contributed by atoms with E-state index in [1.165, 1.54) is 6.07 Å². The molecule has 4 rings (SSSR count). The molecule has 33 heavy (non-hydrogen) atoms. The monoisotopic (exact) mass is 463 g/mol. The Morgan fingerprint density at radius 2 is 1.64 bits per heavy atom. The van der Waals surface area contributed by atoms with Crippen molar-refractivity contribution >= 4 is 33.2 Å². The standard InChI is InChI=1S/C25H25N3O4S/c1-16-7-6-8-17(2)23(16)27-25(30)24(18-9-4-3-5-10-18)28-33(31,32)20-12-13-21-19(15-20)11-14-22(29)26-21/h3-10,12-13,15,24,28H,11,14H2,1-2H3,(H,26,29)(H,27,30)/t24-/m1/s1. The van der Waals surface area contributed by atoms with Crippen LogP contribution in [0.2, 0.25) is 0 Å². The molecular formula is C25H25N3O4S. The maximum absolute atomic E-state index is 13.3. The molecule has 0 radical (unpaired) electrons. The minimum absolute atomic E-state index is 0.0400. The van der Waals surface area contributed by atoms with Crippen LogP contribution in [0.5, 0.6) is 0 Å². The van der Waals surface area contributed by atoms with Crippen molar-refractivity contribution in [3.63, 3.8) is 0 Å². The maximum Gasteiger partial charge on any atom is 0.247 e. The predicted molar refractivity (Wildman–Crippen MR) is 127 cm³/mol. The fourth-order valence-corrected chi connectivity index (χ4v) is 5.11. The van der Waals surface area contributed by atoms with E-state index in [0.29, 0.717) is 29.8 Å². The van der Waals surface area contributed by atoms with Crippen molar-refractivity contribution in [2.24, 2.45) is 0 Å². The first-order valence-corrected chi connectivity index (χ1v) is 12.1. The molecule has 1 aliphatic rings. The Morgan fingerprint density at radius 1 is 0.939 bits per heavy atom.